The molecule has 2 aromatic carbocycles. The fraction of sp³-hybridized carbons (Fsp3) is 0.333. The first-order chi connectivity index (χ1) is 12.5. The molecule has 0 unspecified atom stereocenters. The van der Waals surface area contributed by atoms with Gasteiger partial charge in [0, 0.05) is 38.4 Å². The molecule has 2 N–H and O–H groups in total. The number of carbonyl (C=O) groups is 2. The van der Waals surface area contributed by atoms with E-state index < -0.39 is 0 Å². The van der Waals surface area contributed by atoms with Crippen molar-refractivity contribution in [2.24, 2.45) is 11.7 Å². The number of likely N-dealkylation sites (tertiary alicyclic amines) is 1. The van der Waals surface area contributed by atoms with Crippen molar-refractivity contribution in [2.75, 3.05) is 32.1 Å². The Morgan fingerprint density at radius 2 is 1.77 bits per heavy atom. The van der Waals surface area contributed by atoms with Crippen molar-refractivity contribution < 1.29 is 9.59 Å². The number of rotatable bonds is 4. The Morgan fingerprint density at radius 1 is 1.08 bits per heavy atom. The van der Waals surface area contributed by atoms with Crippen LogP contribution < -0.4 is 10.6 Å². The van der Waals surface area contributed by atoms with Gasteiger partial charge in [-0.15, -0.1) is 0 Å². The molecule has 136 valence electrons. The molecular weight excluding hydrogens is 326 g/mol. The minimum Gasteiger partial charge on any atom is -0.378 e. The van der Waals surface area contributed by atoms with Gasteiger partial charge in [0.15, 0.2) is 0 Å². The van der Waals surface area contributed by atoms with E-state index in [9.17, 15) is 9.59 Å². The normalized spacial score (nSPS) is 17.0. The Balaban J connectivity index is 1.84. The minimum absolute atomic E-state index is 0.0402. The second kappa shape index (κ2) is 7.60. The van der Waals surface area contributed by atoms with Crippen LogP contribution in [0.3, 0.4) is 0 Å². The van der Waals surface area contributed by atoms with E-state index in [0.717, 1.165) is 29.7 Å². The van der Waals surface area contributed by atoms with Gasteiger partial charge in [0.2, 0.25) is 5.91 Å². The van der Waals surface area contributed by atoms with E-state index in [1.165, 1.54) is 0 Å². The lowest BCUT2D eigenvalue weighted by molar-refractivity contribution is -0.123. The fourth-order valence-electron chi connectivity index (χ4n) is 3.37. The maximum atomic E-state index is 12.9. The Hall–Kier alpha value is -2.82. The number of primary amides is 1. The molecule has 26 heavy (non-hydrogen) atoms. The van der Waals surface area contributed by atoms with Crippen molar-refractivity contribution in [3.05, 3.63) is 54.1 Å². The zero-order chi connectivity index (χ0) is 18.7. The third-order valence-electron chi connectivity index (χ3n) is 4.92. The van der Waals surface area contributed by atoms with E-state index in [1.54, 1.807) is 4.90 Å². The first kappa shape index (κ1) is 18.0. The molecule has 1 aliphatic heterocycles. The molecule has 1 saturated heterocycles. The van der Waals surface area contributed by atoms with E-state index in [4.69, 9.17) is 5.73 Å². The van der Waals surface area contributed by atoms with Crippen LogP contribution in [-0.2, 0) is 4.79 Å². The molecule has 0 spiro atoms. The first-order valence-corrected chi connectivity index (χ1v) is 8.92. The summed E-state index contributed by atoms with van der Waals surface area (Å²) in [7, 11) is 4.01. The van der Waals surface area contributed by atoms with Gasteiger partial charge in [-0.05, 0) is 48.2 Å². The van der Waals surface area contributed by atoms with Gasteiger partial charge >= 0.3 is 0 Å². The van der Waals surface area contributed by atoms with Crippen molar-refractivity contribution in [1.82, 2.24) is 4.90 Å². The molecule has 2 amide bonds. The first-order valence-electron chi connectivity index (χ1n) is 8.92. The molecule has 0 radical (unpaired) electrons. The van der Waals surface area contributed by atoms with Gasteiger partial charge in [-0.3, -0.25) is 9.59 Å². The van der Waals surface area contributed by atoms with Gasteiger partial charge in [0.25, 0.3) is 5.91 Å². The van der Waals surface area contributed by atoms with Crippen molar-refractivity contribution in [1.29, 1.82) is 0 Å². The molecule has 0 saturated carbocycles. The number of amides is 2. The predicted octanol–water partition coefficient (Wildman–Crippen LogP) is 2.76. The van der Waals surface area contributed by atoms with Crippen LogP contribution in [0.15, 0.2) is 48.5 Å². The molecule has 1 fully saturated rings. The van der Waals surface area contributed by atoms with Gasteiger partial charge in [-0.25, -0.2) is 0 Å². The highest BCUT2D eigenvalue weighted by Gasteiger charge is 2.27. The summed E-state index contributed by atoms with van der Waals surface area (Å²) in [5, 5.41) is 0. The molecule has 0 aliphatic carbocycles. The highest BCUT2D eigenvalue weighted by atomic mass is 16.2. The molecule has 5 nitrogen and oxygen atoms in total. The molecule has 0 aromatic heterocycles. The zero-order valence-corrected chi connectivity index (χ0v) is 15.3. The van der Waals surface area contributed by atoms with Crippen molar-refractivity contribution in [2.45, 2.75) is 12.8 Å². The number of nitrogens with two attached hydrogens (primary N) is 1. The van der Waals surface area contributed by atoms with Crippen LogP contribution in [0.2, 0.25) is 0 Å². The number of anilines is 1. The van der Waals surface area contributed by atoms with Crippen LogP contribution in [0.1, 0.15) is 23.2 Å². The molecule has 1 aliphatic rings. The third kappa shape index (κ3) is 3.87. The van der Waals surface area contributed by atoms with Crippen LogP contribution >= 0.6 is 0 Å². The summed E-state index contributed by atoms with van der Waals surface area (Å²) in [6.45, 7) is 1.08. The van der Waals surface area contributed by atoms with Crippen LogP contribution in [0.4, 0.5) is 5.69 Å². The van der Waals surface area contributed by atoms with Crippen molar-refractivity contribution in [3.63, 3.8) is 0 Å². The third-order valence-corrected chi connectivity index (χ3v) is 4.92. The van der Waals surface area contributed by atoms with E-state index in [2.05, 4.69) is 17.0 Å². The van der Waals surface area contributed by atoms with E-state index >= 15 is 0 Å². The maximum Gasteiger partial charge on any atom is 0.253 e. The van der Waals surface area contributed by atoms with Crippen LogP contribution in [0, 0.1) is 5.92 Å². The minimum atomic E-state index is -0.322. The van der Waals surface area contributed by atoms with Gasteiger partial charge in [-0.1, -0.05) is 24.3 Å². The highest BCUT2D eigenvalue weighted by Crippen LogP contribution is 2.26. The largest absolute Gasteiger partial charge is 0.378 e. The average Bonchev–Trinajstić information content (AvgIpc) is 2.67. The molecule has 0 bridgehead atoms. The van der Waals surface area contributed by atoms with Gasteiger partial charge < -0.3 is 15.5 Å². The lowest BCUT2D eigenvalue weighted by atomic mass is 9.96. The Morgan fingerprint density at radius 3 is 2.46 bits per heavy atom. The maximum absolute atomic E-state index is 12.9. The SMILES string of the molecule is CN(C)c1cccc(-c2cccc(C(=O)N3CCC[C@@H](C(N)=O)C3)c2)c1. The summed E-state index contributed by atoms with van der Waals surface area (Å²) in [4.78, 5) is 28.2. The lowest BCUT2D eigenvalue weighted by Crippen LogP contribution is -2.44. The molecular formula is C21H25N3O2. The summed E-state index contributed by atoms with van der Waals surface area (Å²) < 4.78 is 0. The highest BCUT2D eigenvalue weighted by molar-refractivity contribution is 5.96. The van der Waals surface area contributed by atoms with Gasteiger partial charge in [0.05, 0.1) is 5.92 Å². The molecule has 5 heteroatoms. The Kier molecular flexibility index (Phi) is 5.26. The van der Waals surface area contributed by atoms with Gasteiger partial charge in [-0.2, -0.15) is 0 Å². The molecule has 1 atom stereocenters. The second-order valence-electron chi connectivity index (χ2n) is 7.02. The smallest absolute Gasteiger partial charge is 0.253 e. The number of hydrogen-bond acceptors (Lipinski definition) is 3. The average molecular weight is 351 g/mol. The number of nitrogens with zero attached hydrogens (tertiary/aromatic N) is 2. The van der Waals surface area contributed by atoms with E-state index in [0.29, 0.717) is 18.7 Å². The Bertz CT molecular complexity index is 816. The summed E-state index contributed by atoms with van der Waals surface area (Å²) in [6.07, 6.45) is 1.57. The molecule has 2 aromatic rings. The molecule has 3 rings (SSSR count). The summed E-state index contributed by atoms with van der Waals surface area (Å²) in [5.74, 6) is -0.606. The predicted molar refractivity (Wildman–Crippen MR) is 104 cm³/mol. The second-order valence-corrected chi connectivity index (χ2v) is 7.02. The quantitative estimate of drug-likeness (QED) is 0.921. The summed E-state index contributed by atoms with van der Waals surface area (Å²) in [6, 6.07) is 15.9. The lowest BCUT2D eigenvalue weighted by Gasteiger charge is -2.31. The fourth-order valence-corrected chi connectivity index (χ4v) is 3.37. The summed E-state index contributed by atoms with van der Waals surface area (Å²) in [5.41, 5.74) is 9.25. The standard InChI is InChI=1S/C21H25N3O2/c1-23(2)19-10-4-7-16(13-19)15-6-3-8-17(12-15)21(26)24-11-5-9-18(14-24)20(22)25/h3-4,6-8,10,12-13,18H,5,9,11,14H2,1-2H3,(H2,22,25)/t18-/m1/s1. The summed E-state index contributed by atoms with van der Waals surface area (Å²) >= 11 is 0. The number of benzene rings is 2. The van der Waals surface area contributed by atoms with E-state index in [1.807, 2.05) is 50.5 Å². The Labute approximate surface area is 154 Å². The zero-order valence-electron chi connectivity index (χ0n) is 15.3. The number of carbonyl (C=O) groups excluding carboxylic acids is 2. The number of hydrogen-bond donors (Lipinski definition) is 1. The van der Waals surface area contributed by atoms with Crippen LogP contribution in [0.5, 0.6) is 0 Å². The molecule has 1 heterocycles. The van der Waals surface area contributed by atoms with Crippen LogP contribution in [0.25, 0.3) is 11.1 Å². The topological polar surface area (TPSA) is 66.6 Å². The number of piperidine rings is 1. The van der Waals surface area contributed by atoms with Crippen LogP contribution in [-0.4, -0.2) is 43.9 Å². The van der Waals surface area contributed by atoms with Gasteiger partial charge in [0.1, 0.15) is 0 Å². The van der Waals surface area contributed by atoms with Crippen molar-refractivity contribution in [3.8, 4) is 11.1 Å². The van der Waals surface area contributed by atoms with Crippen molar-refractivity contribution >= 4 is 17.5 Å². The monoisotopic (exact) mass is 351 g/mol. The van der Waals surface area contributed by atoms with E-state index in [-0.39, 0.29) is 17.7 Å².